The highest BCUT2D eigenvalue weighted by molar-refractivity contribution is 7.89. The molecule has 1 amide bonds. The molecule has 1 aliphatic heterocycles. The van der Waals surface area contributed by atoms with Gasteiger partial charge in [0, 0.05) is 31.9 Å². The molecule has 0 radical (unpaired) electrons. The third-order valence-electron chi connectivity index (χ3n) is 4.86. The van der Waals surface area contributed by atoms with Gasteiger partial charge in [-0.05, 0) is 36.2 Å². The van der Waals surface area contributed by atoms with E-state index in [9.17, 15) is 13.2 Å². The standard InChI is InChI=1S/C20H23Cl2N3O3S/c1-2-15-6-8-16(9-7-15)23-19(26)14-24-10-12-25(13-11-24)29(27,28)20-17(21)4-3-5-18(20)22/h3-9H,2,10-14H2,1H3,(H,23,26). The van der Waals surface area contributed by atoms with Crippen LogP contribution in [0.1, 0.15) is 12.5 Å². The minimum Gasteiger partial charge on any atom is -0.325 e. The predicted octanol–water partition coefficient (Wildman–Crippen LogP) is 3.50. The van der Waals surface area contributed by atoms with Crippen LogP contribution < -0.4 is 5.32 Å². The van der Waals surface area contributed by atoms with Crippen molar-refractivity contribution in [2.75, 3.05) is 38.0 Å². The molecule has 1 saturated heterocycles. The summed E-state index contributed by atoms with van der Waals surface area (Å²) >= 11 is 12.1. The van der Waals surface area contributed by atoms with Gasteiger partial charge in [-0.1, -0.05) is 48.3 Å². The van der Waals surface area contributed by atoms with E-state index in [1.165, 1.54) is 22.0 Å². The zero-order valence-corrected chi connectivity index (χ0v) is 18.4. The highest BCUT2D eigenvalue weighted by Gasteiger charge is 2.32. The maximum Gasteiger partial charge on any atom is 0.246 e. The van der Waals surface area contributed by atoms with Crippen molar-refractivity contribution in [2.24, 2.45) is 0 Å². The SMILES string of the molecule is CCc1ccc(NC(=O)CN2CCN(S(=O)(=O)c3c(Cl)cccc3Cl)CC2)cc1. The fourth-order valence-electron chi connectivity index (χ4n) is 3.21. The first-order valence-electron chi connectivity index (χ1n) is 9.36. The van der Waals surface area contributed by atoms with Gasteiger partial charge < -0.3 is 5.32 Å². The second-order valence-electron chi connectivity index (χ2n) is 6.83. The van der Waals surface area contributed by atoms with Crippen molar-refractivity contribution >= 4 is 44.8 Å². The molecule has 1 heterocycles. The van der Waals surface area contributed by atoms with Crippen molar-refractivity contribution in [3.8, 4) is 0 Å². The average Bonchev–Trinajstić information content (AvgIpc) is 2.68. The van der Waals surface area contributed by atoms with Gasteiger partial charge in [0.2, 0.25) is 15.9 Å². The van der Waals surface area contributed by atoms with Crippen molar-refractivity contribution < 1.29 is 13.2 Å². The summed E-state index contributed by atoms with van der Waals surface area (Å²) in [6, 6.07) is 12.4. The third-order valence-corrected chi connectivity index (χ3v) is 7.72. The lowest BCUT2D eigenvalue weighted by Gasteiger charge is -2.33. The van der Waals surface area contributed by atoms with E-state index >= 15 is 0 Å². The highest BCUT2D eigenvalue weighted by Crippen LogP contribution is 2.31. The number of amides is 1. The first-order valence-corrected chi connectivity index (χ1v) is 11.6. The Bertz CT molecular complexity index is 953. The van der Waals surface area contributed by atoms with Crippen LogP contribution in [-0.2, 0) is 21.2 Å². The Morgan fingerprint density at radius 3 is 2.14 bits per heavy atom. The number of benzene rings is 2. The molecule has 156 valence electrons. The predicted molar refractivity (Wildman–Crippen MR) is 116 cm³/mol. The number of piperazine rings is 1. The number of aryl methyl sites for hydroxylation is 1. The first-order chi connectivity index (χ1) is 13.8. The Morgan fingerprint density at radius 1 is 1.00 bits per heavy atom. The Hall–Kier alpha value is -1.64. The summed E-state index contributed by atoms with van der Waals surface area (Å²) in [5.74, 6) is -0.125. The fourth-order valence-corrected chi connectivity index (χ4v) is 5.73. The summed E-state index contributed by atoms with van der Waals surface area (Å²) in [6.45, 7) is 3.71. The van der Waals surface area contributed by atoms with Crippen molar-refractivity contribution in [3.63, 3.8) is 0 Å². The topological polar surface area (TPSA) is 69.7 Å². The van der Waals surface area contributed by atoms with E-state index in [4.69, 9.17) is 23.2 Å². The van der Waals surface area contributed by atoms with Crippen LogP contribution in [0.3, 0.4) is 0 Å². The van der Waals surface area contributed by atoms with E-state index < -0.39 is 10.0 Å². The molecule has 2 aromatic rings. The molecule has 1 N–H and O–H groups in total. The van der Waals surface area contributed by atoms with Crippen LogP contribution in [0.15, 0.2) is 47.4 Å². The van der Waals surface area contributed by atoms with E-state index in [0.29, 0.717) is 13.1 Å². The maximum atomic E-state index is 12.9. The molecule has 29 heavy (non-hydrogen) atoms. The highest BCUT2D eigenvalue weighted by atomic mass is 35.5. The molecule has 3 rings (SSSR count). The first kappa shape index (κ1) is 22.1. The fraction of sp³-hybridized carbons (Fsp3) is 0.350. The molecular formula is C20H23Cl2N3O3S. The number of hydrogen-bond acceptors (Lipinski definition) is 4. The lowest BCUT2D eigenvalue weighted by Crippen LogP contribution is -2.50. The van der Waals surface area contributed by atoms with E-state index in [0.717, 1.165) is 12.1 Å². The number of hydrogen-bond donors (Lipinski definition) is 1. The van der Waals surface area contributed by atoms with Crippen LogP contribution >= 0.6 is 23.2 Å². The minimum absolute atomic E-state index is 0.0648. The minimum atomic E-state index is -3.79. The lowest BCUT2D eigenvalue weighted by atomic mass is 10.1. The zero-order chi connectivity index (χ0) is 21.0. The van der Waals surface area contributed by atoms with Crippen LogP contribution in [0.5, 0.6) is 0 Å². The quantitative estimate of drug-likeness (QED) is 0.723. The monoisotopic (exact) mass is 455 g/mol. The Kier molecular flexibility index (Phi) is 7.19. The average molecular weight is 456 g/mol. The number of halogens is 2. The molecule has 0 saturated carbocycles. The normalized spacial score (nSPS) is 16.0. The molecule has 0 unspecified atom stereocenters. The molecule has 9 heteroatoms. The van der Waals surface area contributed by atoms with Gasteiger partial charge in [0.15, 0.2) is 0 Å². The number of nitrogens with one attached hydrogen (secondary N) is 1. The summed E-state index contributed by atoms with van der Waals surface area (Å²) in [6.07, 6.45) is 0.945. The van der Waals surface area contributed by atoms with Crippen LogP contribution in [-0.4, -0.2) is 56.3 Å². The van der Waals surface area contributed by atoms with E-state index in [1.54, 1.807) is 6.07 Å². The molecular weight excluding hydrogens is 433 g/mol. The van der Waals surface area contributed by atoms with Crippen LogP contribution in [0, 0.1) is 0 Å². The second kappa shape index (κ2) is 9.45. The zero-order valence-electron chi connectivity index (χ0n) is 16.1. The summed E-state index contributed by atoms with van der Waals surface area (Å²) in [7, 11) is -3.79. The molecule has 1 aliphatic rings. The Morgan fingerprint density at radius 2 is 1.59 bits per heavy atom. The van der Waals surface area contributed by atoms with Gasteiger partial charge in [0.1, 0.15) is 4.90 Å². The summed E-state index contributed by atoms with van der Waals surface area (Å²) in [5, 5.41) is 3.09. The molecule has 2 aromatic carbocycles. The summed E-state index contributed by atoms with van der Waals surface area (Å²) in [5.41, 5.74) is 1.96. The smallest absolute Gasteiger partial charge is 0.246 e. The molecule has 1 fully saturated rings. The van der Waals surface area contributed by atoms with Crippen LogP contribution in [0.2, 0.25) is 10.0 Å². The maximum absolute atomic E-state index is 12.9. The van der Waals surface area contributed by atoms with E-state index in [1.807, 2.05) is 29.2 Å². The summed E-state index contributed by atoms with van der Waals surface area (Å²) in [4.78, 5) is 14.2. The summed E-state index contributed by atoms with van der Waals surface area (Å²) < 4.78 is 27.2. The van der Waals surface area contributed by atoms with Gasteiger partial charge in [0.25, 0.3) is 0 Å². The largest absolute Gasteiger partial charge is 0.325 e. The molecule has 0 aromatic heterocycles. The van der Waals surface area contributed by atoms with Gasteiger partial charge in [-0.3, -0.25) is 9.69 Å². The van der Waals surface area contributed by atoms with Crippen molar-refractivity contribution in [1.29, 1.82) is 0 Å². The van der Waals surface area contributed by atoms with Crippen molar-refractivity contribution in [1.82, 2.24) is 9.21 Å². The van der Waals surface area contributed by atoms with Gasteiger partial charge in [-0.2, -0.15) is 4.31 Å². The Balaban J connectivity index is 1.56. The molecule has 0 bridgehead atoms. The molecule has 0 spiro atoms. The van der Waals surface area contributed by atoms with Crippen LogP contribution in [0.4, 0.5) is 5.69 Å². The number of anilines is 1. The Labute approximate surface area is 181 Å². The molecule has 6 nitrogen and oxygen atoms in total. The van der Waals surface area contributed by atoms with Gasteiger partial charge >= 0.3 is 0 Å². The van der Waals surface area contributed by atoms with E-state index in [2.05, 4.69) is 12.2 Å². The van der Waals surface area contributed by atoms with Crippen molar-refractivity contribution in [2.45, 2.75) is 18.2 Å². The van der Waals surface area contributed by atoms with Crippen LogP contribution in [0.25, 0.3) is 0 Å². The number of nitrogens with zero attached hydrogens (tertiary/aromatic N) is 2. The third kappa shape index (κ3) is 5.29. The number of sulfonamides is 1. The lowest BCUT2D eigenvalue weighted by molar-refractivity contribution is -0.117. The second-order valence-corrected chi connectivity index (χ2v) is 9.52. The molecule has 0 aliphatic carbocycles. The van der Waals surface area contributed by atoms with E-state index in [-0.39, 0.29) is 40.5 Å². The number of carbonyl (C=O) groups excluding carboxylic acids is 1. The van der Waals surface area contributed by atoms with Crippen molar-refractivity contribution in [3.05, 3.63) is 58.1 Å². The number of rotatable bonds is 6. The van der Waals surface area contributed by atoms with Gasteiger partial charge in [-0.25, -0.2) is 8.42 Å². The number of carbonyl (C=O) groups is 1. The van der Waals surface area contributed by atoms with Gasteiger partial charge in [-0.15, -0.1) is 0 Å². The molecule has 0 atom stereocenters. The van der Waals surface area contributed by atoms with Gasteiger partial charge in [0.05, 0.1) is 16.6 Å².